The molecule has 3 aromatic rings. The van der Waals surface area contributed by atoms with E-state index in [1.54, 1.807) is 48.4 Å². The quantitative estimate of drug-likeness (QED) is 0.644. The van der Waals surface area contributed by atoms with E-state index < -0.39 is 0 Å². The molecule has 1 aromatic heterocycles. The molecule has 0 aliphatic carbocycles. The van der Waals surface area contributed by atoms with Crippen molar-refractivity contribution in [2.45, 2.75) is 0 Å². The number of aromatic nitrogens is 2. The number of carbonyl (C=O) groups excluding carboxylic acids is 1. The molecule has 0 radical (unpaired) electrons. The Labute approximate surface area is 177 Å². The van der Waals surface area contributed by atoms with E-state index in [0.29, 0.717) is 60.0 Å². The molecular weight excluding hydrogens is 406 g/mol. The average molecular weight is 427 g/mol. The van der Waals surface area contributed by atoms with Gasteiger partial charge in [-0.3, -0.25) is 9.59 Å². The number of hydrogen-bond acceptors (Lipinski definition) is 6. The van der Waals surface area contributed by atoms with E-state index in [2.05, 4.69) is 4.98 Å². The second-order valence-corrected chi connectivity index (χ2v) is 7.16. The Hall–Kier alpha value is -3.17. The molecule has 4 rings (SSSR count). The third-order valence-electron chi connectivity index (χ3n) is 5.07. The minimum absolute atomic E-state index is 0.0989. The van der Waals surface area contributed by atoms with Crippen LogP contribution >= 0.6 is 12.2 Å². The SMILES string of the molecule is COc1ccc(OC)c(-n2c(=S)[nH]c3cc(C(=O)N4CCOCC4)ccc3c2=O)c1. The van der Waals surface area contributed by atoms with Crippen LogP contribution in [0.3, 0.4) is 0 Å². The third-order valence-corrected chi connectivity index (χ3v) is 5.35. The van der Waals surface area contributed by atoms with E-state index in [9.17, 15) is 9.59 Å². The van der Waals surface area contributed by atoms with Crippen molar-refractivity contribution in [2.24, 2.45) is 0 Å². The van der Waals surface area contributed by atoms with Crippen molar-refractivity contribution in [1.29, 1.82) is 0 Å². The highest BCUT2D eigenvalue weighted by Crippen LogP contribution is 2.27. The van der Waals surface area contributed by atoms with E-state index >= 15 is 0 Å². The number of methoxy groups -OCH3 is 2. The molecule has 8 nitrogen and oxygen atoms in total. The van der Waals surface area contributed by atoms with Crippen LogP contribution < -0.4 is 15.0 Å². The Morgan fingerprint density at radius 2 is 1.87 bits per heavy atom. The maximum Gasteiger partial charge on any atom is 0.266 e. The van der Waals surface area contributed by atoms with Gasteiger partial charge in [0, 0.05) is 24.7 Å². The van der Waals surface area contributed by atoms with Crippen LogP contribution in [0.25, 0.3) is 16.6 Å². The highest BCUT2D eigenvalue weighted by molar-refractivity contribution is 7.71. The largest absolute Gasteiger partial charge is 0.497 e. The fourth-order valence-corrected chi connectivity index (χ4v) is 3.78. The van der Waals surface area contributed by atoms with Gasteiger partial charge in [-0.25, -0.2) is 4.57 Å². The maximum atomic E-state index is 13.3. The summed E-state index contributed by atoms with van der Waals surface area (Å²) in [7, 11) is 3.07. The molecule has 1 amide bonds. The highest BCUT2D eigenvalue weighted by Gasteiger charge is 2.20. The number of aromatic amines is 1. The molecule has 0 bridgehead atoms. The lowest BCUT2D eigenvalue weighted by Gasteiger charge is -2.26. The van der Waals surface area contributed by atoms with Crippen LogP contribution in [0.4, 0.5) is 0 Å². The molecule has 0 atom stereocenters. The summed E-state index contributed by atoms with van der Waals surface area (Å²) >= 11 is 5.47. The van der Waals surface area contributed by atoms with Crippen LogP contribution in [0.15, 0.2) is 41.2 Å². The Bertz CT molecular complexity index is 1230. The fraction of sp³-hybridized carbons (Fsp3) is 0.286. The van der Waals surface area contributed by atoms with Crippen molar-refractivity contribution in [3.8, 4) is 17.2 Å². The zero-order valence-corrected chi connectivity index (χ0v) is 17.5. The summed E-state index contributed by atoms with van der Waals surface area (Å²) in [5.41, 5.74) is 1.15. The Morgan fingerprint density at radius 3 is 2.57 bits per heavy atom. The lowest BCUT2D eigenvalue weighted by molar-refractivity contribution is 0.0303. The Balaban J connectivity index is 1.83. The topological polar surface area (TPSA) is 85.8 Å². The number of ether oxygens (including phenoxy) is 3. The van der Waals surface area contributed by atoms with Gasteiger partial charge in [-0.1, -0.05) is 0 Å². The molecule has 0 spiro atoms. The second kappa shape index (κ2) is 8.29. The summed E-state index contributed by atoms with van der Waals surface area (Å²) in [5, 5.41) is 0.409. The summed E-state index contributed by atoms with van der Waals surface area (Å²) in [5.74, 6) is 0.952. The first-order valence-corrected chi connectivity index (χ1v) is 9.83. The normalized spacial score (nSPS) is 14.0. The molecule has 1 saturated heterocycles. The summed E-state index contributed by atoms with van der Waals surface area (Å²) in [6, 6.07) is 10.1. The fourth-order valence-electron chi connectivity index (χ4n) is 3.49. The molecule has 2 aromatic carbocycles. The second-order valence-electron chi connectivity index (χ2n) is 6.77. The van der Waals surface area contributed by atoms with Crippen LogP contribution in [0.1, 0.15) is 10.4 Å². The average Bonchev–Trinajstić information content (AvgIpc) is 2.78. The van der Waals surface area contributed by atoms with Crippen LogP contribution in [-0.4, -0.2) is 60.9 Å². The molecule has 1 aliphatic heterocycles. The molecule has 156 valence electrons. The molecule has 1 N–H and O–H groups in total. The highest BCUT2D eigenvalue weighted by atomic mass is 32.1. The van der Waals surface area contributed by atoms with Crippen molar-refractivity contribution in [2.75, 3.05) is 40.5 Å². The number of amides is 1. The molecule has 0 saturated carbocycles. The van der Waals surface area contributed by atoms with Crippen molar-refractivity contribution >= 4 is 29.0 Å². The summed E-state index contributed by atoms with van der Waals surface area (Å²) in [6.45, 7) is 2.14. The van der Waals surface area contributed by atoms with Crippen molar-refractivity contribution < 1.29 is 19.0 Å². The van der Waals surface area contributed by atoms with Crippen LogP contribution in [0, 0.1) is 4.77 Å². The van der Waals surface area contributed by atoms with Gasteiger partial charge in [0.05, 0.1) is 44.0 Å². The first-order chi connectivity index (χ1) is 14.5. The number of nitrogens with one attached hydrogen (secondary N) is 1. The van der Waals surface area contributed by atoms with Gasteiger partial charge in [0.1, 0.15) is 11.5 Å². The van der Waals surface area contributed by atoms with Crippen molar-refractivity contribution in [1.82, 2.24) is 14.5 Å². The minimum atomic E-state index is -0.314. The van der Waals surface area contributed by atoms with Gasteiger partial charge < -0.3 is 24.1 Å². The van der Waals surface area contributed by atoms with Gasteiger partial charge in [0.2, 0.25) is 0 Å². The predicted octanol–water partition coefficient (Wildman–Crippen LogP) is 2.54. The summed E-state index contributed by atoms with van der Waals surface area (Å²) < 4.78 is 17.5. The third kappa shape index (κ3) is 3.57. The van der Waals surface area contributed by atoms with Gasteiger partial charge in [0.25, 0.3) is 11.5 Å². The molecule has 1 fully saturated rings. The van der Waals surface area contributed by atoms with Gasteiger partial charge in [0.15, 0.2) is 4.77 Å². The smallest absolute Gasteiger partial charge is 0.266 e. The summed E-state index contributed by atoms with van der Waals surface area (Å²) in [4.78, 5) is 30.8. The first kappa shape index (κ1) is 20.1. The molecule has 2 heterocycles. The first-order valence-electron chi connectivity index (χ1n) is 9.42. The van der Waals surface area contributed by atoms with Crippen LogP contribution in [0.2, 0.25) is 0 Å². The minimum Gasteiger partial charge on any atom is -0.497 e. The van der Waals surface area contributed by atoms with Crippen molar-refractivity contribution in [3.05, 3.63) is 57.1 Å². The molecule has 1 aliphatic rings. The van der Waals surface area contributed by atoms with Gasteiger partial charge >= 0.3 is 0 Å². The number of rotatable bonds is 4. The van der Waals surface area contributed by atoms with Crippen LogP contribution in [0.5, 0.6) is 11.5 Å². The number of fused-ring (bicyclic) bond motifs is 1. The van der Waals surface area contributed by atoms with E-state index in [1.165, 1.54) is 11.7 Å². The number of hydrogen-bond donors (Lipinski definition) is 1. The lowest BCUT2D eigenvalue weighted by Crippen LogP contribution is -2.40. The van der Waals surface area contributed by atoms with E-state index in [4.69, 9.17) is 26.4 Å². The summed E-state index contributed by atoms with van der Waals surface area (Å²) in [6.07, 6.45) is 0. The number of nitrogens with zero attached hydrogens (tertiary/aromatic N) is 2. The lowest BCUT2D eigenvalue weighted by atomic mass is 10.1. The Morgan fingerprint density at radius 1 is 1.10 bits per heavy atom. The predicted molar refractivity (Wildman–Crippen MR) is 115 cm³/mol. The van der Waals surface area contributed by atoms with Crippen molar-refractivity contribution in [3.63, 3.8) is 0 Å². The van der Waals surface area contributed by atoms with Gasteiger partial charge in [-0.15, -0.1) is 0 Å². The zero-order chi connectivity index (χ0) is 21.3. The van der Waals surface area contributed by atoms with Gasteiger partial charge in [-0.2, -0.15) is 0 Å². The molecular formula is C21H21N3O5S. The van der Waals surface area contributed by atoms with E-state index in [1.807, 2.05) is 0 Å². The number of benzene rings is 2. The maximum absolute atomic E-state index is 13.3. The van der Waals surface area contributed by atoms with Gasteiger partial charge in [-0.05, 0) is 42.5 Å². The van der Waals surface area contributed by atoms with Crippen LogP contribution in [-0.2, 0) is 4.74 Å². The number of H-pyrrole nitrogens is 1. The van der Waals surface area contributed by atoms with E-state index in [-0.39, 0.29) is 16.2 Å². The Kier molecular flexibility index (Phi) is 5.56. The molecule has 30 heavy (non-hydrogen) atoms. The van der Waals surface area contributed by atoms with E-state index in [0.717, 1.165) is 0 Å². The molecule has 0 unspecified atom stereocenters. The standard InChI is InChI=1S/C21H21N3O5S/c1-27-14-4-6-18(28-2)17(12-14)24-20(26)15-5-3-13(11-16(15)22-21(24)30)19(25)23-7-9-29-10-8-23/h3-6,11-12H,7-10H2,1-2H3,(H,22,30). The molecule has 9 heteroatoms. The number of carbonyl (C=O) groups is 1. The zero-order valence-electron chi connectivity index (χ0n) is 16.6. The monoisotopic (exact) mass is 427 g/mol. The number of morpholine rings is 1.